The molecule has 1 aromatic rings. The number of carbonyl (C=O) groups excluding carboxylic acids is 1. The number of hydrogen-bond acceptors (Lipinski definition) is 3. The highest BCUT2D eigenvalue weighted by Crippen LogP contribution is 2.10. The Morgan fingerprint density at radius 3 is 2.67 bits per heavy atom. The zero-order valence-electron chi connectivity index (χ0n) is 10.6. The zero-order valence-corrected chi connectivity index (χ0v) is 10.6. The predicted octanol–water partition coefficient (Wildman–Crippen LogP) is 2.72. The molecule has 0 spiro atoms. The lowest BCUT2D eigenvalue weighted by Crippen LogP contribution is -2.32. The first-order chi connectivity index (χ1) is 8.31. The fourth-order valence-electron chi connectivity index (χ4n) is 1.25. The van der Waals surface area contributed by atoms with Crippen LogP contribution >= 0.6 is 0 Å². The average molecular weight is 250 g/mol. The van der Waals surface area contributed by atoms with Gasteiger partial charge in [0.2, 0.25) is 0 Å². The topological polar surface area (TPSA) is 62.1 Å². The largest absolute Gasteiger partial charge is 0.444 e. The van der Waals surface area contributed by atoms with Gasteiger partial charge in [-0.2, -0.15) is 5.26 Å². The van der Waals surface area contributed by atoms with Gasteiger partial charge in [-0.05, 0) is 38.5 Å². The molecule has 0 unspecified atom stereocenters. The van der Waals surface area contributed by atoms with Gasteiger partial charge in [-0.3, -0.25) is 0 Å². The summed E-state index contributed by atoms with van der Waals surface area (Å²) >= 11 is 0. The molecule has 0 heterocycles. The van der Waals surface area contributed by atoms with E-state index < -0.39 is 17.5 Å². The lowest BCUT2D eigenvalue weighted by Gasteiger charge is -2.19. The molecule has 0 aliphatic rings. The van der Waals surface area contributed by atoms with Crippen molar-refractivity contribution in [3.63, 3.8) is 0 Å². The molecule has 0 radical (unpaired) electrons. The molecule has 0 fully saturated rings. The Hall–Kier alpha value is -2.09. The molecule has 0 saturated carbocycles. The van der Waals surface area contributed by atoms with Crippen molar-refractivity contribution >= 4 is 6.09 Å². The third kappa shape index (κ3) is 4.42. The maximum absolute atomic E-state index is 13.3. The number of nitriles is 1. The Morgan fingerprint density at radius 1 is 1.50 bits per heavy atom. The van der Waals surface area contributed by atoms with Gasteiger partial charge < -0.3 is 10.1 Å². The first-order valence-corrected chi connectivity index (χ1v) is 5.47. The molecule has 0 atom stereocenters. The van der Waals surface area contributed by atoms with Crippen LogP contribution < -0.4 is 5.32 Å². The van der Waals surface area contributed by atoms with Crippen LogP contribution in [-0.4, -0.2) is 11.7 Å². The van der Waals surface area contributed by atoms with E-state index in [1.54, 1.807) is 32.9 Å². The van der Waals surface area contributed by atoms with Gasteiger partial charge in [0.15, 0.2) is 0 Å². The lowest BCUT2D eigenvalue weighted by atomic mass is 10.1. The number of amides is 1. The molecular weight excluding hydrogens is 235 g/mol. The minimum absolute atomic E-state index is 0.0176. The third-order valence-corrected chi connectivity index (χ3v) is 1.99. The van der Waals surface area contributed by atoms with E-state index >= 15 is 0 Å². The predicted molar refractivity (Wildman–Crippen MR) is 64.2 cm³/mol. The van der Waals surface area contributed by atoms with Crippen LogP contribution in [-0.2, 0) is 11.3 Å². The summed E-state index contributed by atoms with van der Waals surface area (Å²) in [5.74, 6) is -0.596. The number of nitrogens with zero attached hydrogens (tertiary/aromatic N) is 1. The second-order valence-corrected chi connectivity index (χ2v) is 4.78. The maximum Gasteiger partial charge on any atom is 0.407 e. The van der Waals surface area contributed by atoms with Crippen molar-refractivity contribution in [2.24, 2.45) is 0 Å². The van der Waals surface area contributed by atoms with Crippen LogP contribution in [0.25, 0.3) is 0 Å². The van der Waals surface area contributed by atoms with Gasteiger partial charge >= 0.3 is 6.09 Å². The zero-order chi connectivity index (χ0) is 13.8. The summed E-state index contributed by atoms with van der Waals surface area (Å²) in [4.78, 5) is 11.4. The molecule has 96 valence electrons. The van der Waals surface area contributed by atoms with Crippen LogP contribution in [0.1, 0.15) is 31.9 Å². The highest BCUT2D eigenvalue weighted by Gasteiger charge is 2.15. The van der Waals surface area contributed by atoms with E-state index in [0.29, 0.717) is 5.56 Å². The Labute approximate surface area is 105 Å². The molecule has 0 saturated heterocycles. The quantitative estimate of drug-likeness (QED) is 0.877. The third-order valence-electron chi connectivity index (χ3n) is 1.99. The second-order valence-electron chi connectivity index (χ2n) is 4.78. The van der Waals surface area contributed by atoms with Crippen molar-refractivity contribution < 1.29 is 13.9 Å². The van der Waals surface area contributed by atoms with Gasteiger partial charge in [0.1, 0.15) is 17.5 Å². The van der Waals surface area contributed by atoms with Crippen LogP contribution in [0.2, 0.25) is 0 Å². The molecule has 0 bridgehead atoms. The minimum atomic E-state index is -0.596. The normalized spacial score (nSPS) is 10.6. The van der Waals surface area contributed by atoms with E-state index in [9.17, 15) is 9.18 Å². The minimum Gasteiger partial charge on any atom is -0.444 e. The smallest absolute Gasteiger partial charge is 0.407 e. The van der Waals surface area contributed by atoms with Crippen LogP contribution in [0, 0.1) is 17.1 Å². The van der Waals surface area contributed by atoms with Crippen LogP contribution in [0.3, 0.4) is 0 Å². The number of benzene rings is 1. The van der Waals surface area contributed by atoms with E-state index in [4.69, 9.17) is 10.00 Å². The van der Waals surface area contributed by atoms with Crippen molar-refractivity contribution in [1.29, 1.82) is 5.26 Å². The summed E-state index contributed by atoms with van der Waals surface area (Å²) in [5.41, 5.74) is -0.0200. The number of carbonyl (C=O) groups is 1. The maximum atomic E-state index is 13.3. The van der Waals surface area contributed by atoms with E-state index in [1.165, 1.54) is 12.1 Å². The van der Waals surface area contributed by atoms with Gasteiger partial charge in [0, 0.05) is 6.54 Å². The molecule has 0 aliphatic carbocycles. The van der Waals surface area contributed by atoms with Crippen LogP contribution in [0.15, 0.2) is 18.2 Å². The van der Waals surface area contributed by atoms with Crippen LogP contribution in [0.5, 0.6) is 0 Å². The summed E-state index contributed by atoms with van der Waals surface area (Å²) in [5, 5.41) is 11.1. The first-order valence-electron chi connectivity index (χ1n) is 5.47. The van der Waals surface area contributed by atoms with Gasteiger partial charge in [0.05, 0.1) is 5.56 Å². The molecule has 18 heavy (non-hydrogen) atoms. The van der Waals surface area contributed by atoms with E-state index in [2.05, 4.69) is 5.32 Å². The average Bonchev–Trinajstić information content (AvgIpc) is 2.24. The summed E-state index contributed by atoms with van der Waals surface area (Å²) in [6.07, 6.45) is -0.563. The Morgan fingerprint density at radius 2 is 2.17 bits per heavy atom. The second kappa shape index (κ2) is 5.50. The van der Waals surface area contributed by atoms with Crippen molar-refractivity contribution in [3.05, 3.63) is 35.1 Å². The van der Waals surface area contributed by atoms with Gasteiger partial charge in [0.25, 0.3) is 0 Å². The molecule has 1 amide bonds. The summed E-state index contributed by atoms with van der Waals surface area (Å²) < 4.78 is 18.3. The number of nitrogens with one attached hydrogen (secondary N) is 1. The highest BCUT2D eigenvalue weighted by molar-refractivity contribution is 5.67. The molecular formula is C13H15FN2O2. The van der Waals surface area contributed by atoms with E-state index in [1.807, 2.05) is 0 Å². The fourth-order valence-corrected chi connectivity index (χ4v) is 1.25. The first kappa shape index (κ1) is 14.0. The Bertz CT molecular complexity index is 487. The SMILES string of the molecule is CC(C)(C)OC(=O)NCc1ccc(C#N)c(F)c1. The number of alkyl carbamates (subject to hydrolysis) is 1. The number of halogens is 1. The standard InChI is InChI=1S/C13H15FN2O2/c1-13(2,3)18-12(17)16-8-9-4-5-10(7-15)11(14)6-9/h4-6H,8H2,1-3H3,(H,16,17). The number of hydrogen-bond donors (Lipinski definition) is 1. The summed E-state index contributed by atoms with van der Waals surface area (Å²) in [6, 6.07) is 5.91. The lowest BCUT2D eigenvalue weighted by molar-refractivity contribution is 0.0523. The Kier molecular flexibility index (Phi) is 4.27. The summed E-state index contributed by atoms with van der Waals surface area (Å²) in [7, 11) is 0. The summed E-state index contributed by atoms with van der Waals surface area (Å²) in [6.45, 7) is 5.42. The van der Waals surface area contributed by atoms with Crippen molar-refractivity contribution in [1.82, 2.24) is 5.32 Å². The fraction of sp³-hybridized carbons (Fsp3) is 0.385. The Balaban J connectivity index is 2.57. The monoisotopic (exact) mass is 250 g/mol. The number of rotatable bonds is 2. The number of ether oxygens (including phenoxy) is 1. The molecule has 0 aliphatic heterocycles. The van der Waals surface area contributed by atoms with E-state index in [0.717, 1.165) is 0 Å². The van der Waals surface area contributed by atoms with Crippen molar-refractivity contribution in [2.75, 3.05) is 0 Å². The molecule has 4 nitrogen and oxygen atoms in total. The molecule has 5 heteroatoms. The molecule has 1 rings (SSSR count). The van der Waals surface area contributed by atoms with E-state index in [-0.39, 0.29) is 12.1 Å². The molecule has 0 aromatic heterocycles. The van der Waals surface area contributed by atoms with Crippen LogP contribution in [0.4, 0.5) is 9.18 Å². The van der Waals surface area contributed by atoms with Crippen molar-refractivity contribution in [2.45, 2.75) is 32.9 Å². The van der Waals surface area contributed by atoms with Crippen molar-refractivity contribution in [3.8, 4) is 6.07 Å². The molecule has 1 aromatic carbocycles. The van der Waals surface area contributed by atoms with Gasteiger partial charge in [-0.15, -0.1) is 0 Å². The molecule has 1 N–H and O–H groups in total. The highest BCUT2D eigenvalue weighted by atomic mass is 19.1. The van der Waals surface area contributed by atoms with Gasteiger partial charge in [-0.25, -0.2) is 9.18 Å². The van der Waals surface area contributed by atoms with Gasteiger partial charge in [-0.1, -0.05) is 6.07 Å².